The minimum Gasteiger partial charge on any atom is -0.311 e. The van der Waals surface area contributed by atoms with Gasteiger partial charge < -0.3 is 4.57 Å². The second-order valence-corrected chi connectivity index (χ2v) is 5.06. The van der Waals surface area contributed by atoms with Crippen molar-refractivity contribution in [3.8, 4) is 6.07 Å². The van der Waals surface area contributed by atoms with Gasteiger partial charge in [-0.25, -0.2) is 0 Å². The van der Waals surface area contributed by atoms with E-state index < -0.39 is 0 Å². The highest BCUT2D eigenvalue weighted by Gasteiger charge is 2.07. The Bertz CT molecular complexity index is 960. The number of aryl methyl sites for hydroxylation is 1. The van der Waals surface area contributed by atoms with Crippen LogP contribution in [0.5, 0.6) is 0 Å². The lowest BCUT2D eigenvalue weighted by molar-refractivity contribution is 0.903. The zero-order chi connectivity index (χ0) is 15.5. The molecular weight excluding hydrogens is 272 g/mol. The van der Waals surface area contributed by atoms with E-state index in [-0.39, 0.29) is 5.56 Å². The van der Waals surface area contributed by atoms with Gasteiger partial charge in [0.25, 0.3) is 5.56 Å². The lowest BCUT2D eigenvalue weighted by Gasteiger charge is -2.07. The lowest BCUT2D eigenvalue weighted by Crippen LogP contribution is -2.19. The number of hydrogen-bond acceptors (Lipinski definition) is 2. The molecule has 0 saturated carbocycles. The summed E-state index contributed by atoms with van der Waals surface area (Å²) in [5.41, 5.74) is 2.57. The van der Waals surface area contributed by atoms with Gasteiger partial charge in [0.2, 0.25) is 0 Å². The van der Waals surface area contributed by atoms with Crippen LogP contribution >= 0.6 is 0 Å². The molecule has 3 heteroatoms. The Morgan fingerprint density at radius 2 is 1.77 bits per heavy atom. The summed E-state index contributed by atoms with van der Waals surface area (Å²) in [6.07, 6.45) is 1.66. The molecule has 1 aromatic heterocycles. The Morgan fingerprint density at radius 1 is 1.09 bits per heavy atom. The summed E-state index contributed by atoms with van der Waals surface area (Å²) in [5.74, 6) is 0. The Kier molecular flexibility index (Phi) is 3.59. The number of allylic oxidation sites excluding steroid dienone is 1. The van der Waals surface area contributed by atoms with Crippen LogP contribution in [0.4, 0.5) is 0 Å². The summed E-state index contributed by atoms with van der Waals surface area (Å²) < 4.78 is 1.61. The fraction of sp³-hybridized carbons (Fsp3) is 0.0526. The molecule has 0 aliphatic heterocycles. The first kappa shape index (κ1) is 13.8. The Morgan fingerprint density at radius 3 is 2.50 bits per heavy atom. The molecule has 0 N–H and O–H groups in total. The van der Waals surface area contributed by atoms with E-state index in [1.807, 2.05) is 60.7 Å². The van der Waals surface area contributed by atoms with Crippen molar-refractivity contribution in [2.75, 3.05) is 0 Å². The van der Waals surface area contributed by atoms with Crippen LogP contribution in [0.1, 0.15) is 11.1 Å². The van der Waals surface area contributed by atoms with Gasteiger partial charge in [-0.15, -0.1) is 0 Å². The minimum atomic E-state index is -0.109. The molecule has 3 nitrogen and oxygen atoms in total. The highest BCUT2D eigenvalue weighted by Crippen LogP contribution is 2.18. The number of nitriles is 1. The van der Waals surface area contributed by atoms with Crippen molar-refractivity contribution in [2.24, 2.45) is 7.05 Å². The predicted octanol–water partition coefficient (Wildman–Crippen LogP) is 3.60. The minimum absolute atomic E-state index is 0.109. The van der Waals surface area contributed by atoms with Gasteiger partial charge >= 0.3 is 0 Å². The maximum absolute atomic E-state index is 12.5. The van der Waals surface area contributed by atoms with Gasteiger partial charge in [0.1, 0.15) is 0 Å². The fourth-order valence-corrected chi connectivity index (χ4v) is 2.50. The molecule has 22 heavy (non-hydrogen) atoms. The predicted molar refractivity (Wildman–Crippen MR) is 89.1 cm³/mol. The van der Waals surface area contributed by atoms with E-state index in [4.69, 9.17) is 0 Å². The average molecular weight is 286 g/mol. The van der Waals surface area contributed by atoms with Crippen molar-refractivity contribution < 1.29 is 0 Å². The molecule has 0 spiro atoms. The molecule has 0 amide bonds. The number of hydrogen-bond donors (Lipinski definition) is 0. The molecule has 0 atom stereocenters. The van der Waals surface area contributed by atoms with E-state index in [0.717, 1.165) is 16.5 Å². The third kappa shape index (κ3) is 2.43. The van der Waals surface area contributed by atoms with Crippen LogP contribution in [0, 0.1) is 11.3 Å². The molecule has 0 unspecified atom stereocenters. The smallest absolute Gasteiger partial charge is 0.258 e. The number of nitrogens with zero attached hydrogens (tertiary/aromatic N) is 2. The molecule has 1 heterocycles. The van der Waals surface area contributed by atoms with Gasteiger partial charge in [-0.2, -0.15) is 5.26 Å². The number of rotatable bonds is 2. The molecule has 0 aliphatic rings. The molecule has 0 bridgehead atoms. The van der Waals surface area contributed by atoms with Gasteiger partial charge in [-0.3, -0.25) is 4.79 Å². The second-order valence-electron chi connectivity index (χ2n) is 5.06. The fourth-order valence-electron chi connectivity index (χ4n) is 2.50. The SMILES string of the molecule is Cn1c(=O)c(/C=C(\C#N)c2ccccc2)cc2ccccc21. The zero-order valence-electron chi connectivity index (χ0n) is 12.2. The van der Waals surface area contributed by atoms with Crippen molar-refractivity contribution in [2.45, 2.75) is 0 Å². The molecule has 2 aromatic carbocycles. The highest BCUT2D eigenvalue weighted by molar-refractivity contribution is 5.91. The van der Waals surface area contributed by atoms with E-state index in [1.165, 1.54) is 0 Å². The first-order valence-electron chi connectivity index (χ1n) is 6.96. The van der Waals surface area contributed by atoms with Crippen LogP contribution in [-0.2, 0) is 7.05 Å². The summed E-state index contributed by atoms with van der Waals surface area (Å²) in [6, 6.07) is 21.1. The average Bonchev–Trinajstić information content (AvgIpc) is 2.57. The number of pyridine rings is 1. The zero-order valence-corrected chi connectivity index (χ0v) is 12.2. The summed E-state index contributed by atoms with van der Waals surface area (Å²) >= 11 is 0. The monoisotopic (exact) mass is 286 g/mol. The molecule has 0 saturated heterocycles. The van der Waals surface area contributed by atoms with Gasteiger partial charge in [0.15, 0.2) is 0 Å². The Balaban J connectivity index is 2.22. The van der Waals surface area contributed by atoms with Crippen molar-refractivity contribution in [3.05, 3.63) is 82.1 Å². The van der Waals surface area contributed by atoms with Gasteiger partial charge in [0, 0.05) is 12.6 Å². The highest BCUT2D eigenvalue weighted by atomic mass is 16.1. The third-order valence-corrected chi connectivity index (χ3v) is 3.67. The number of para-hydroxylation sites is 1. The second kappa shape index (κ2) is 5.71. The maximum atomic E-state index is 12.5. The normalized spacial score (nSPS) is 11.4. The van der Waals surface area contributed by atoms with E-state index in [9.17, 15) is 10.1 Å². The maximum Gasteiger partial charge on any atom is 0.258 e. The van der Waals surface area contributed by atoms with Crippen LogP contribution in [0.25, 0.3) is 22.6 Å². The third-order valence-electron chi connectivity index (χ3n) is 3.67. The van der Waals surface area contributed by atoms with E-state index in [1.54, 1.807) is 17.7 Å². The van der Waals surface area contributed by atoms with Crippen molar-refractivity contribution in [1.29, 1.82) is 5.26 Å². The van der Waals surface area contributed by atoms with Crippen LogP contribution in [-0.4, -0.2) is 4.57 Å². The number of fused-ring (bicyclic) bond motifs is 1. The Labute approximate surface area is 128 Å². The van der Waals surface area contributed by atoms with Gasteiger partial charge in [-0.05, 0) is 29.2 Å². The van der Waals surface area contributed by atoms with Gasteiger partial charge in [-0.1, -0.05) is 48.5 Å². The molecule has 0 radical (unpaired) electrons. The first-order chi connectivity index (χ1) is 10.7. The van der Waals surface area contributed by atoms with E-state index in [0.29, 0.717) is 11.1 Å². The van der Waals surface area contributed by atoms with Crippen molar-refractivity contribution in [3.63, 3.8) is 0 Å². The lowest BCUT2D eigenvalue weighted by atomic mass is 10.0. The molecule has 106 valence electrons. The van der Waals surface area contributed by atoms with Crippen molar-refractivity contribution >= 4 is 22.6 Å². The van der Waals surface area contributed by atoms with Crippen LogP contribution in [0.3, 0.4) is 0 Å². The quantitative estimate of drug-likeness (QED) is 0.676. The van der Waals surface area contributed by atoms with Crippen LogP contribution < -0.4 is 5.56 Å². The molecule has 3 rings (SSSR count). The number of benzene rings is 2. The van der Waals surface area contributed by atoms with E-state index in [2.05, 4.69) is 6.07 Å². The van der Waals surface area contributed by atoms with Crippen LogP contribution in [0.2, 0.25) is 0 Å². The summed E-state index contributed by atoms with van der Waals surface area (Å²) in [7, 11) is 1.75. The largest absolute Gasteiger partial charge is 0.311 e. The number of aromatic nitrogens is 1. The topological polar surface area (TPSA) is 45.8 Å². The van der Waals surface area contributed by atoms with Crippen LogP contribution in [0.15, 0.2) is 65.5 Å². The first-order valence-corrected chi connectivity index (χ1v) is 6.96. The summed E-state index contributed by atoms with van der Waals surface area (Å²) in [4.78, 5) is 12.5. The molecule has 0 fully saturated rings. The Hall–Kier alpha value is -3.12. The van der Waals surface area contributed by atoms with Crippen molar-refractivity contribution in [1.82, 2.24) is 4.57 Å². The van der Waals surface area contributed by atoms with Gasteiger partial charge in [0.05, 0.1) is 17.2 Å². The summed E-state index contributed by atoms with van der Waals surface area (Å²) in [6.45, 7) is 0. The molecule has 0 aliphatic carbocycles. The molecular formula is C19H14N2O. The van der Waals surface area contributed by atoms with E-state index >= 15 is 0 Å². The molecule has 3 aromatic rings. The summed E-state index contributed by atoms with van der Waals surface area (Å²) in [5, 5.41) is 10.4. The standard InChI is InChI=1S/C19H14N2O/c1-21-18-10-6-5-9-15(18)11-16(19(21)22)12-17(13-20)14-7-3-2-4-8-14/h2-12H,1H3/b17-12+.